The number of anilines is 1. The van der Waals surface area contributed by atoms with Crippen molar-refractivity contribution in [2.24, 2.45) is 0 Å². The molecule has 0 saturated heterocycles. The third-order valence-corrected chi connectivity index (χ3v) is 3.14. The van der Waals surface area contributed by atoms with E-state index in [-0.39, 0.29) is 21.8 Å². The Morgan fingerprint density at radius 1 is 1.11 bits per heavy atom. The number of aromatic nitrogens is 1. The maximum Gasteiger partial charge on any atom is 0.267 e. The van der Waals surface area contributed by atoms with Crippen LogP contribution in [0.2, 0.25) is 5.02 Å². The summed E-state index contributed by atoms with van der Waals surface area (Å²) in [6.07, 6.45) is 2.76. The van der Waals surface area contributed by atoms with E-state index in [2.05, 4.69) is 4.98 Å². The van der Waals surface area contributed by atoms with Crippen LogP contribution in [0.25, 0.3) is 0 Å². The summed E-state index contributed by atoms with van der Waals surface area (Å²) < 4.78 is 13.0. The Hall–Kier alpha value is -2.27. The van der Waals surface area contributed by atoms with E-state index in [0.717, 1.165) is 17.0 Å². The Morgan fingerprint density at radius 3 is 2.53 bits per heavy atom. The molecule has 1 aromatic heterocycles. The molecule has 0 atom stereocenters. The zero-order valence-corrected chi connectivity index (χ0v) is 10.2. The van der Waals surface area contributed by atoms with E-state index in [4.69, 9.17) is 11.6 Å². The van der Waals surface area contributed by atoms with Gasteiger partial charge >= 0.3 is 0 Å². The minimum atomic E-state index is -0.535. The highest BCUT2D eigenvalue weighted by Crippen LogP contribution is 2.33. The summed E-state index contributed by atoms with van der Waals surface area (Å²) in [5, 5.41) is 0.00228. The highest BCUT2D eigenvalue weighted by Gasteiger charge is 2.37. The van der Waals surface area contributed by atoms with Gasteiger partial charge in [-0.05, 0) is 24.3 Å². The van der Waals surface area contributed by atoms with Gasteiger partial charge in [-0.1, -0.05) is 11.6 Å². The molecule has 0 N–H and O–H groups in total. The molecule has 19 heavy (non-hydrogen) atoms. The maximum atomic E-state index is 13.0. The van der Waals surface area contributed by atoms with E-state index in [1.807, 2.05) is 0 Å². The Balaban J connectivity index is 2.14. The number of rotatable bonds is 1. The lowest BCUT2D eigenvalue weighted by atomic mass is 10.2. The first-order valence-corrected chi connectivity index (χ1v) is 5.75. The zero-order valence-electron chi connectivity index (χ0n) is 9.43. The highest BCUT2D eigenvalue weighted by atomic mass is 35.5. The van der Waals surface area contributed by atoms with E-state index in [0.29, 0.717) is 0 Å². The summed E-state index contributed by atoms with van der Waals surface area (Å²) in [5.74, 6) is -1.54. The van der Waals surface area contributed by atoms with Gasteiger partial charge in [-0.3, -0.25) is 14.6 Å². The van der Waals surface area contributed by atoms with Gasteiger partial charge in [0.15, 0.2) is 0 Å². The van der Waals surface area contributed by atoms with Crippen LogP contribution in [0.4, 0.5) is 10.1 Å². The minimum Gasteiger partial charge on any atom is -0.268 e. The molecule has 0 aliphatic carbocycles. The fourth-order valence-electron chi connectivity index (χ4n) is 1.97. The van der Waals surface area contributed by atoms with Crippen molar-refractivity contribution in [3.63, 3.8) is 0 Å². The van der Waals surface area contributed by atoms with E-state index in [1.165, 1.54) is 24.5 Å². The molecule has 0 bridgehead atoms. The number of carbonyl (C=O) groups is 2. The normalized spacial score (nSPS) is 13.9. The Kier molecular flexibility index (Phi) is 2.57. The van der Waals surface area contributed by atoms with Gasteiger partial charge < -0.3 is 0 Å². The van der Waals surface area contributed by atoms with Crippen molar-refractivity contribution in [2.45, 2.75) is 0 Å². The first kappa shape index (κ1) is 11.8. The maximum absolute atomic E-state index is 13.0. The van der Waals surface area contributed by atoms with Gasteiger partial charge in [0, 0.05) is 12.4 Å². The standard InChI is InChI=1S/C13H6ClFN2O2/c14-10-5-7(15)1-2-11(10)17-12(18)8-3-4-16-6-9(8)13(17)19/h1-6H. The first-order valence-electron chi connectivity index (χ1n) is 5.37. The molecule has 0 spiro atoms. The number of fused-ring (bicyclic) bond motifs is 1. The third-order valence-electron chi connectivity index (χ3n) is 2.84. The number of hydrogen-bond donors (Lipinski definition) is 0. The minimum absolute atomic E-state index is 0.00228. The van der Waals surface area contributed by atoms with E-state index in [9.17, 15) is 14.0 Å². The van der Waals surface area contributed by atoms with Crippen LogP contribution >= 0.6 is 11.6 Å². The lowest BCUT2D eigenvalue weighted by Gasteiger charge is -2.15. The van der Waals surface area contributed by atoms with Crippen molar-refractivity contribution in [3.05, 3.63) is 58.6 Å². The lowest BCUT2D eigenvalue weighted by molar-refractivity contribution is 0.0926. The smallest absolute Gasteiger partial charge is 0.267 e. The van der Waals surface area contributed by atoms with E-state index < -0.39 is 17.6 Å². The number of amides is 2. The van der Waals surface area contributed by atoms with E-state index >= 15 is 0 Å². The van der Waals surface area contributed by atoms with Crippen molar-refractivity contribution in [1.82, 2.24) is 4.98 Å². The van der Waals surface area contributed by atoms with Gasteiger partial charge in [-0.2, -0.15) is 0 Å². The summed E-state index contributed by atoms with van der Waals surface area (Å²) in [6.45, 7) is 0. The quantitative estimate of drug-likeness (QED) is 0.753. The molecule has 2 heterocycles. The van der Waals surface area contributed by atoms with Crippen molar-refractivity contribution in [3.8, 4) is 0 Å². The SMILES string of the molecule is O=C1c2ccncc2C(=O)N1c1ccc(F)cc1Cl. The fourth-order valence-corrected chi connectivity index (χ4v) is 2.22. The summed E-state index contributed by atoms with van der Waals surface area (Å²) in [5.41, 5.74) is 0.641. The molecule has 1 aliphatic heterocycles. The summed E-state index contributed by atoms with van der Waals surface area (Å²) >= 11 is 5.88. The van der Waals surface area contributed by atoms with Gasteiger partial charge in [-0.25, -0.2) is 9.29 Å². The molecule has 3 rings (SSSR count). The number of halogens is 2. The summed E-state index contributed by atoms with van der Waals surface area (Å²) in [4.78, 5) is 29.1. The molecule has 0 radical (unpaired) electrons. The predicted octanol–water partition coefficient (Wildman–Crippen LogP) is 2.67. The number of pyridine rings is 1. The molecule has 0 fully saturated rings. The molecular weight excluding hydrogens is 271 g/mol. The molecule has 0 unspecified atom stereocenters. The van der Waals surface area contributed by atoms with Crippen LogP contribution in [0.1, 0.15) is 20.7 Å². The zero-order chi connectivity index (χ0) is 13.6. The molecular formula is C13H6ClFN2O2. The Morgan fingerprint density at radius 2 is 1.84 bits per heavy atom. The van der Waals surface area contributed by atoms with Gasteiger partial charge in [-0.15, -0.1) is 0 Å². The average molecular weight is 277 g/mol. The number of carbonyl (C=O) groups excluding carboxylic acids is 2. The molecule has 2 amide bonds. The van der Waals surface area contributed by atoms with Gasteiger partial charge in [0.1, 0.15) is 5.82 Å². The van der Waals surface area contributed by atoms with Crippen LogP contribution in [-0.4, -0.2) is 16.8 Å². The van der Waals surface area contributed by atoms with Crippen molar-refractivity contribution in [1.29, 1.82) is 0 Å². The lowest BCUT2D eigenvalue weighted by Crippen LogP contribution is -2.29. The van der Waals surface area contributed by atoms with Crippen LogP contribution < -0.4 is 4.90 Å². The summed E-state index contributed by atoms with van der Waals surface area (Å²) in [6, 6.07) is 4.96. The van der Waals surface area contributed by atoms with Crippen LogP contribution in [0.3, 0.4) is 0 Å². The second-order valence-corrected chi connectivity index (χ2v) is 4.37. The molecule has 4 nitrogen and oxygen atoms in total. The molecule has 0 saturated carbocycles. The second kappa shape index (κ2) is 4.13. The molecule has 6 heteroatoms. The number of hydrogen-bond acceptors (Lipinski definition) is 3. The summed E-state index contributed by atoms with van der Waals surface area (Å²) in [7, 11) is 0. The topological polar surface area (TPSA) is 50.3 Å². The Bertz CT molecular complexity index is 683. The third kappa shape index (κ3) is 1.70. The monoisotopic (exact) mass is 276 g/mol. The van der Waals surface area contributed by atoms with Crippen molar-refractivity contribution >= 4 is 29.1 Å². The molecule has 94 valence electrons. The number of imide groups is 1. The van der Waals surface area contributed by atoms with Crippen LogP contribution in [-0.2, 0) is 0 Å². The first-order chi connectivity index (χ1) is 9.09. The molecule has 1 aromatic carbocycles. The van der Waals surface area contributed by atoms with Crippen LogP contribution in [0.15, 0.2) is 36.7 Å². The Labute approximate surface area is 112 Å². The highest BCUT2D eigenvalue weighted by molar-refractivity contribution is 6.39. The van der Waals surface area contributed by atoms with Gasteiger partial charge in [0.05, 0.1) is 21.8 Å². The van der Waals surface area contributed by atoms with Gasteiger partial charge in [0.2, 0.25) is 0 Å². The van der Waals surface area contributed by atoms with Gasteiger partial charge in [0.25, 0.3) is 11.8 Å². The number of benzene rings is 1. The van der Waals surface area contributed by atoms with E-state index in [1.54, 1.807) is 0 Å². The fraction of sp³-hybridized carbons (Fsp3) is 0. The second-order valence-electron chi connectivity index (χ2n) is 3.96. The van der Waals surface area contributed by atoms with Crippen molar-refractivity contribution in [2.75, 3.05) is 4.90 Å². The molecule has 1 aliphatic rings. The average Bonchev–Trinajstić information content (AvgIpc) is 2.64. The predicted molar refractivity (Wildman–Crippen MR) is 66.8 cm³/mol. The largest absolute Gasteiger partial charge is 0.268 e. The van der Waals surface area contributed by atoms with Crippen molar-refractivity contribution < 1.29 is 14.0 Å². The molecule has 2 aromatic rings. The van der Waals surface area contributed by atoms with Crippen LogP contribution in [0, 0.1) is 5.82 Å². The number of nitrogens with zero attached hydrogens (tertiary/aromatic N) is 2. The van der Waals surface area contributed by atoms with Crippen LogP contribution in [0.5, 0.6) is 0 Å².